The standard InChI is InChI=1S/C19H17N5O5S/c1-12-2-3-16-17(8-12)30-19(20-16)22-6-4-21(5-7-22)18(25)13-9-14(23(26)27)11-15(10-13)24(28)29/h2-3,8-11H,4-7H2,1H3. The van der Waals surface area contributed by atoms with E-state index < -0.39 is 27.1 Å². The maximum absolute atomic E-state index is 12.8. The Kier molecular flexibility index (Phi) is 5.04. The summed E-state index contributed by atoms with van der Waals surface area (Å²) in [6.45, 7) is 3.93. The van der Waals surface area contributed by atoms with E-state index in [1.165, 1.54) is 5.56 Å². The normalized spacial score (nSPS) is 14.2. The summed E-state index contributed by atoms with van der Waals surface area (Å²) in [4.78, 5) is 41.8. The van der Waals surface area contributed by atoms with E-state index in [1.807, 2.05) is 19.1 Å². The third-order valence-electron chi connectivity index (χ3n) is 4.94. The molecule has 0 aliphatic carbocycles. The Morgan fingerprint density at radius 3 is 2.23 bits per heavy atom. The maximum atomic E-state index is 12.8. The molecule has 3 aromatic rings. The summed E-state index contributed by atoms with van der Waals surface area (Å²) in [5.41, 5.74) is 1.09. The maximum Gasteiger partial charge on any atom is 0.277 e. The quantitative estimate of drug-likeness (QED) is 0.462. The number of carbonyl (C=O) groups is 1. The average Bonchev–Trinajstić information content (AvgIpc) is 3.16. The number of amides is 1. The lowest BCUT2D eigenvalue weighted by Crippen LogP contribution is -2.48. The fourth-order valence-corrected chi connectivity index (χ4v) is 4.48. The first-order chi connectivity index (χ1) is 14.3. The third-order valence-corrected chi connectivity index (χ3v) is 6.02. The molecule has 154 valence electrons. The van der Waals surface area contributed by atoms with Crippen LogP contribution in [-0.2, 0) is 0 Å². The van der Waals surface area contributed by atoms with E-state index >= 15 is 0 Å². The molecule has 1 aliphatic heterocycles. The lowest BCUT2D eigenvalue weighted by atomic mass is 10.1. The van der Waals surface area contributed by atoms with Gasteiger partial charge in [-0.3, -0.25) is 25.0 Å². The summed E-state index contributed by atoms with van der Waals surface area (Å²) in [6.07, 6.45) is 0. The van der Waals surface area contributed by atoms with Crippen LogP contribution in [0.15, 0.2) is 36.4 Å². The van der Waals surface area contributed by atoms with Crippen molar-refractivity contribution in [2.75, 3.05) is 31.1 Å². The van der Waals surface area contributed by atoms with Gasteiger partial charge in [-0.25, -0.2) is 4.98 Å². The van der Waals surface area contributed by atoms with E-state index in [-0.39, 0.29) is 5.56 Å². The molecule has 0 unspecified atom stereocenters. The Balaban J connectivity index is 1.50. The van der Waals surface area contributed by atoms with E-state index in [0.717, 1.165) is 33.5 Å². The van der Waals surface area contributed by atoms with Crippen LogP contribution in [0.25, 0.3) is 10.2 Å². The minimum atomic E-state index is -0.740. The zero-order valence-corrected chi connectivity index (χ0v) is 16.8. The second kappa shape index (κ2) is 7.67. The van der Waals surface area contributed by atoms with Gasteiger partial charge in [0.1, 0.15) is 0 Å². The van der Waals surface area contributed by atoms with E-state index in [4.69, 9.17) is 0 Å². The number of piperazine rings is 1. The Labute approximate surface area is 174 Å². The number of anilines is 1. The number of benzene rings is 2. The van der Waals surface area contributed by atoms with Gasteiger partial charge in [0.25, 0.3) is 17.3 Å². The van der Waals surface area contributed by atoms with Crippen molar-refractivity contribution >= 4 is 44.0 Å². The number of hydrogen-bond acceptors (Lipinski definition) is 8. The minimum absolute atomic E-state index is 0.0557. The zero-order valence-electron chi connectivity index (χ0n) is 16.0. The Morgan fingerprint density at radius 1 is 1.00 bits per heavy atom. The highest BCUT2D eigenvalue weighted by Gasteiger charge is 2.27. The molecule has 11 heteroatoms. The van der Waals surface area contributed by atoms with Crippen LogP contribution in [0.5, 0.6) is 0 Å². The van der Waals surface area contributed by atoms with Crippen molar-refractivity contribution < 1.29 is 14.6 Å². The van der Waals surface area contributed by atoms with E-state index in [1.54, 1.807) is 16.2 Å². The number of aromatic nitrogens is 1. The number of nitrogens with zero attached hydrogens (tertiary/aromatic N) is 5. The molecule has 1 saturated heterocycles. The van der Waals surface area contributed by atoms with Crippen LogP contribution in [0, 0.1) is 27.2 Å². The number of rotatable bonds is 4. The summed E-state index contributed by atoms with van der Waals surface area (Å²) in [7, 11) is 0. The molecule has 1 amide bonds. The zero-order chi connectivity index (χ0) is 21.4. The van der Waals surface area contributed by atoms with Gasteiger partial charge in [-0.2, -0.15) is 0 Å². The monoisotopic (exact) mass is 427 g/mol. The number of carbonyl (C=O) groups excluding carboxylic acids is 1. The van der Waals surface area contributed by atoms with E-state index in [0.29, 0.717) is 26.2 Å². The third kappa shape index (κ3) is 3.79. The van der Waals surface area contributed by atoms with Crippen LogP contribution in [0.1, 0.15) is 15.9 Å². The molecule has 0 spiro atoms. The molecule has 0 bridgehead atoms. The summed E-state index contributed by atoms with van der Waals surface area (Å²) >= 11 is 1.60. The fraction of sp³-hybridized carbons (Fsp3) is 0.263. The van der Waals surface area contributed by atoms with Gasteiger partial charge in [0.15, 0.2) is 5.13 Å². The van der Waals surface area contributed by atoms with Crippen LogP contribution in [0.3, 0.4) is 0 Å². The molecule has 0 saturated carbocycles. The van der Waals surface area contributed by atoms with Gasteiger partial charge >= 0.3 is 0 Å². The van der Waals surface area contributed by atoms with Crippen LogP contribution >= 0.6 is 11.3 Å². The van der Waals surface area contributed by atoms with Crippen molar-refractivity contribution in [1.29, 1.82) is 0 Å². The highest BCUT2D eigenvalue weighted by molar-refractivity contribution is 7.22. The molecule has 4 rings (SSSR count). The molecule has 1 aliphatic rings. The molecule has 0 radical (unpaired) electrons. The van der Waals surface area contributed by atoms with Crippen molar-refractivity contribution in [2.45, 2.75) is 6.92 Å². The van der Waals surface area contributed by atoms with Crippen molar-refractivity contribution in [3.8, 4) is 0 Å². The molecule has 1 fully saturated rings. The number of nitro benzene ring substituents is 2. The average molecular weight is 427 g/mol. The number of nitro groups is 2. The summed E-state index contributed by atoms with van der Waals surface area (Å²) in [6, 6.07) is 9.10. The van der Waals surface area contributed by atoms with Crippen molar-refractivity contribution in [2.24, 2.45) is 0 Å². The van der Waals surface area contributed by atoms with Crippen LogP contribution in [0.4, 0.5) is 16.5 Å². The fourth-order valence-electron chi connectivity index (χ4n) is 3.37. The number of non-ortho nitro benzene ring substituents is 2. The van der Waals surface area contributed by atoms with Gasteiger partial charge in [0, 0.05) is 38.3 Å². The molecule has 0 N–H and O–H groups in total. The number of hydrogen-bond donors (Lipinski definition) is 0. The summed E-state index contributed by atoms with van der Waals surface area (Å²) in [5.74, 6) is -0.457. The Bertz CT molecular complexity index is 1140. The second-order valence-electron chi connectivity index (χ2n) is 7.00. The van der Waals surface area contributed by atoms with Crippen LogP contribution < -0.4 is 4.90 Å². The van der Waals surface area contributed by atoms with Gasteiger partial charge in [-0.05, 0) is 24.6 Å². The molecular weight excluding hydrogens is 410 g/mol. The lowest BCUT2D eigenvalue weighted by molar-refractivity contribution is -0.394. The number of fused-ring (bicyclic) bond motifs is 1. The SMILES string of the molecule is Cc1ccc2nc(N3CCN(C(=O)c4cc([N+](=O)[O-])cc([N+](=O)[O-])c4)CC3)sc2c1. The molecule has 1 aromatic heterocycles. The summed E-state index contributed by atoms with van der Waals surface area (Å²) in [5, 5.41) is 23.0. The van der Waals surface area contributed by atoms with E-state index in [2.05, 4.69) is 16.0 Å². The van der Waals surface area contributed by atoms with Gasteiger partial charge in [0.2, 0.25) is 0 Å². The molecule has 2 aromatic carbocycles. The highest BCUT2D eigenvalue weighted by Crippen LogP contribution is 2.30. The first kappa shape index (κ1) is 19.7. The van der Waals surface area contributed by atoms with Gasteiger partial charge in [-0.15, -0.1) is 0 Å². The molecule has 0 atom stereocenters. The first-order valence-corrected chi connectivity index (χ1v) is 9.99. The molecule has 2 heterocycles. The predicted octanol–water partition coefficient (Wildman–Crippen LogP) is 3.38. The van der Waals surface area contributed by atoms with E-state index in [9.17, 15) is 25.0 Å². The number of aryl methyl sites for hydroxylation is 1. The Hall–Kier alpha value is -3.60. The highest BCUT2D eigenvalue weighted by atomic mass is 32.1. The topological polar surface area (TPSA) is 123 Å². The first-order valence-electron chi connectivity index (χ1n) is 9.17. The number of thiazole rings is 1. The largest absolute Gasteiger partial charge is 0.345 e. The minimum Gasteiger partial charge on any atom is -0.345 e. The van der Waals surface area contributed by atoms with Gasteiger partial charge < -0.3 is 9.80 Å². The van der Waals surface area contributed by atoms with Crippen molar-refractivity contribution in [3.05, 3.63) is 67.8 Å². The smallest absolute Gasteiger partial charge is 0.277 e. The molecule has 30 heavy (non-hydrogen) atoms. The van der Waals surface area contributed by atoms with Crippen LogP contribution in [-0.4, -0.2) is 51.8 Å². The van der Waals surface area contributed by atoms with Crippen molar-refractivity contribution in [1.82, 2.24) is 9.88 Å². The second-order valence-corrected chi connectivity index (χ2v) is 8.01. The molecular formula is C19H17N5O5S. The van der Waals surface area contributed by atoms with Gasteiger partial charge in [0.05, 0.1) is 31.7 Å². The summed E-state index contributed by atoms with van der Waals surface area (Å²) < 4.78 is 1.10. The van der Waals surface area contributed by atoms with Crippen LogP contribution in [0.2, 0.25) is 0 Å². The Morgan fingerprint density at radius 2 is 1.63 bits per heavy atom. The van der Waals surface area contributed by atoms with Gasteiger partial charge in [-0.1, -0.05) is 17.4 Å². The molecule has 10 nitrogen and oxygen atoms in total. The lowest BCUT2D eigenvalue weighted by Gasteiger charge is -2.34. The predicted molar refractivity (Wildman–Crippen MR) is 112 cm³/mol. The van der Waals surface area contributed by atoms with Crippen molar-refractivity contribution in [3.63, 3.8) is 0 Å².